The molecule has 0 aliphatic heterocycles. The lowest BCUT2D eigenvalue weighted by molar-refractivity contribution is -0.118. The van der Waals surface area contributed by atoms with Crippen molar-refractivity contribution in [2.24, 2.45) is 0 Å². The van der Waals surface area contributed by atoms with Gasteiger partial charge in [-0.1, -0.05) is 59.6 Å². The van der Waals surface area contributed by atoms with Crippen LogP contribution in [0.25, 0.3) is 6.08 Å². The molecule has 0 fully saturated rings. The van der Waals surface area contributed by atoms with Gasteiger partial charge in [0.1, 0.15) is 11.6 Å². The molecular weight excluding hydrogens is 473 g/mol. The minimum absolute atomic E-state index is 0.123. The van der Waals surface area contributed by atoms with Crippen LogP contribution in [0.5, 0.6) is 5.75 Å². The number of benzene rings is 3. The Bertz CT molecular complexity index is 1290. The molecular formula is C26H21Cl2N3O3. The molecule has 0 atom stereocenters. The van der Waals surface area contributed by atoms with E-state index in [2.05, 4.69) is 10.6 Å². The quantitative estimate of drug-likeness (QED) is 0.304. The summed E-state index contributed by atoms with van der Waals surface area (Å²) in [5, 5.41) is 15.2. The van der Waals surface area contributed by atoms with Gasteiger partial charge in [0.15, 0.2) is 12.4 Å². The maximum absolute atomic E-state index is 12.6. The number of aryl methyl sites for hydroxylation is 2. The molecule has 0 saturated carbocycles. The number of para-hydroxylation sites is 2. The molecule has 172 valence electrons. The molecule has 0 aliphatic rings. The number of nitriles is 1. The van der Waals surface area contributed by atoms with Gasteiger partial charge in [0.2, 0.25) is 0 Å². The summed E-state index contributed by atoms with van der Waals surface area (Å²) in [6, 6.07) is 19.5. The average molecular weight is 494 g/mol. The second-order valence-corrected chi connectivity index (χ2v) is 8.22. The number of carbonyl (C=O) groups excluding carboxylic acids is 2. The Balaban J connectivity index is 1.71. The Morgan fingerprint density at radius 3 is 2.00 bits per heavy atom. The van der Waals surface area contributed by atoms with Gasteiger partial charge in [0.05, 0.1) is 10.0 Å². The largest absolute Gasteiger partial charge is 0.481 e. The zero-order valence-corrected chi connectivity index (χ0v) is 20.0. The highest BCUT2D eigenvalue weighted by atomic mass is 35.5. The number of amides is 2. The Labute approximate surface area is 207 Å². The second kappa shape index (κ2) is 11.4. The fourth-order valence-electron chi connectivity index (χ4n) is 3.06. The number of halogens is 2. The third-order valence-corrected chi connectivity index (χ3v) is 5.42. The van der Waals surface area contributed by atoms with E-state index in [1.165, 1.54) is 18.2 Å². The van der Waals surface area contributed by atoms with Crippen molar-refractivity contribution in [3.8, 4) is 11.8 Å². The third kappa shape index (κ3) is 6.38. The van der Waals surface area contributed by atoms with Gasteiger partial charge in [-0.3, -0.25) is 9.59 Å². The SMILES string of the molecule is Cc1ccccc1NC(=O)COc1c(Cl)cc(/C=C(/C#N)C(=O)Nc2ccccc2C)cc1Cl. The molecule has 0 spiro atoms. The van der Waals surface area contributed by atoms with Crippen LogP contribution >= 0.6 is 23.2 Å². The summed E-state index contributed by atoms with van der Waals surface area (Å²) in [7, 11) is 0. The summed E-state index contributed by atoms with van der Waals surface area (Å²) < 4.78 is 5.53. The van der Waals surface area contributed by atoms with E-state index < -0.39 is 5.91 Å². The first-order chi connectivity index (χ1) is 16.3. The van der Waals surface area contributed by atoms with Crippen molar-refractivity contribution < 1.29 is 14.3 Å². The van der Waals surface area contributed by atoms with Crippen LogP contribution < -0.4 is 15.4 Å². The predicted octanol–water partition coefficient (Wildman–Crippen LogP) is 6.17. The number of anilines is 2. The zero-order valence-electron chi connectivity index (χ0n) is 18.5. The summed E-state index contributed by atoms with van der Waals surface area (Å²) in [6.07, 6.45) is 1.38. The van der Waals surface area contributed by atoms with Crippen LogP contribution in [0, 0.1) is 25.2 Å². The minimum Gasteiger partial charge on any atom is -0.481 e. The molecule has 0 aromatic heterocycles. The van der Waals surface area contributed by atoms with Gasteiger partial charge in [-0.05, 0) is 60.9 Å². The van der Waals surface area contributed by atoms with Gasteiger partial charge < -0.3 is 15.4 Å². The van der Waals surface area contributed by atoms with Gasteiger partial charge in [0, 0.05) is 11.4 Å². The summed E-state index contributed by atoms with van der Waals surface area (Å²) in [6.45, 7) is 3.43. The van der Waals surface area contributed by atoms with E-state index in [9.17, 15) is 14.9 Å². The molecule has 0 bridgehead atoms. The number of hydrogen-bond donors (Lipinski definition) is 2. The predicted molar refractivity (Wildman–Crippen MR) is 135 cm³/mol. The highest BCUT2D eigenvalue weighted by Gasteiger charge is 2.15. The van der Waals surface area contributed by atoms with E-state index in [0.29, 0.717) is 16.9 Å². The van der Waals surface area contributed by atoms with E-state index in [1.54, 1.807) is 18.2 Å². The third-order valence-electron chi connectivity index (χ3n) is 4.86. The lowest BCUT2D eigenvalue weighted by Gasteiger charge is -2.12. The number of nitrogens with one attached hydrogen (secondary N) is 2. The van der Waals surface area contributed by atoms with Crippen LogP contribution in [0.2, 0.25) is 10.0 Å². The van der Waals surface area contributed by atoms with Crippen LogP contribution in [0.3, 0.4) is 0 Å². The average Bonchev–Trinajstić information content (AvgIpc) is 2.80. The van der Waals surface area contributed by atoms with Crippen molar-refractivity contribution in [2.45, 2.75) is 13.8 Å². The molecule has 3 aromatic carbocycles. The summed E-state index contributed by atoms with van der Waals surface area (Å²) in [5.74, 6) is -0.800. The van der Waals surface area contributed by atoms with Gasteiger partial charge in [0.25, 0.3) is 11.8 Å². The molecule has 0 radical (unpaired) electrons. The van der Waals surface area contributed by atoms with E-state index in [-0.39, 0.29) is 33.9 Å². The van der Waals surface area contributed by atoms with Gasteiger partial charge in [-0.25, -0.2) is 0 Å². The topological polar surface area (TPSA) is 91.2 Å². The number of rotatable bonds is 7. The molecule has 3 rings (SSSR count). The van der Waals surface area contributed by atoms with Crippen molar-refractivity contribution in [1.82, 2.24) is 0 Å². The standard InChI is InChI=1S/C26H21Cl2N3O3/c1-16-7-3-5-9-22(16)30-24(32)15-34-25-20(27)12-18(13-21(25)28)11-19(14-29)26(33)31-23-10-6-4-8-17(23)2/h3-13H,15H2,1-2H3,(H,30,32)(H,31,33)/b19-11-. The van der Waals surface area contributed by atoms with Gasteiger partial charge >= 0.3 is 0 Å². The van der Waals surface area contributed by atoms with E-state index in [1.807, 2.05) is 50.2 Å². The Morgan fingerprint density at radius 1 is 0.941 bits per heavy atom. The van der Waals surface area contributed by atoms with Crippen LogP contribution in [-0.4, -0.2) is 18.4 Å². The second-order valence-electron chi connectivity index (χ2n) is 7.40. The van der Waals surface area contributed by atoms with Crippen molar-refractivity contribution in [3.63, 3.8) is 0 Å². The molecule has 6 nitrogen and oxygen atoms in total. The Kier molecular flexibility index (Phi) is 8.31. The monoisotopic (exact) mass is 493 g/mol. The van der Waals surface area contributed by atoms with E-state index in [4.69, 9.17) is 27.9 Å². The summed E-state index contributed by atoms with van der Waals surface area (Å²) in [5.41, 5.74) is 3.39. The molecule has 2 N–H and O–H groups in total. The summed E-state index contributed by atoms with van der Waals surface area (Å²) in [4.78, 5) is 24.8. The zero-order chi connectivity index (χ0) is 24.7. The first-order valence-corrected chi connectivity index (χ1v) is 11.0. The molecule has 8 heteroatoms. The van der Waals surface area contributed by atoms with Crippen LogP contribution in [0.4, 0.5) is 11.4 Å². The van der Waals surface area contributed by atoms with E-state index in [0.717, 1.165) is 11.1 Å². The van der Waals surface area contributed by atoms with Gasteiger partial charge in [-0.15, -0.1) is 0 Å². The highest BCUT2D eigenvalue weighted by molar-refractivity contribution is 6.37. The number of hydrogen-bond acceptors (Lipinski definition) is 4. The molecule has 34 heavy (non-hydrogen) atoms. The molecule has 0 unspecified atom stereocenters. The van der Waals surface area contributed by atoms with Gasteiger partial charge in [-0.2, -0.15) is 5.26 Å². The first-order valence-electron chi connectivity index (χ1n) is 10.2. The maximum Gasteiger partial charge on any atom is 0.266 e. The van der Waals surface area contributed by atoms with Crippen LogP contribution in [-0.2, 0) is 9.59 Å². The van der Waals surface area contributed by atoms with Crippen LogP contribution in [0.1, 0.15) is 16.7 Å². The maximum atomic E-state index is 12.6. The van der Waals surface area contributed by atoms with Crippen molar-refractivity contribution in [3.05, 3.63) is 93.0 Å². The van der Waals surface area contributed by atoms with Crippen LogP contribution in [0.15, 0.2) is 66.2 Å². The van der Waals surface area contributed by atoms with E-state index >= 15 is 0 Å². The Morgan fingerprint density at radius 2 is 1.47 bits per heavy atom. The molecule has 3 aromatic rings. The van der Waals surface area contributed by atoms with Crippen molar-refractivity contribution in [1.29, 1.82) is 5.26 Å². The molecule has 0 saturated heterocycles. The normalized spacial score (nSPS) is 10.9. The first kappa shape index (κ1) is 24.8. The number of ether oxygens (including phenoxy) is 1. The smallest absolute Gasteiger partial charge is 0.266 e. The minimum atomic E-state index is -0.558. The molecule has 0 aliphatic carbocycles. The highest BCUT2D eigenvalue weighted by Crippen LogP contribution is 2.35. The Hall–Kier alpha value is -3.79. The molecule has 2 amide bonds. The number of carbonyl (C=O) groups is 2. The van der Waals surface area contributed by atoms with Crippen molar-refractivity contribution >= 4 is 52.5 Å². The number of nitrogens with zero attached hydrogens (tertiary/aromatic N) is 1. The lowest BCUT2D eigenvalue weighted by Crippen LogP contribution is -2.20. The fourth-order valence-corrected chi connectivity index (χ4v) is 3.67. The van der Waals surface area contributed by atoms with Crippen molar-refractivity contribution in [2.75, 3.05) is 17.2 Å². The fraction of sp³-hybridized carbons (Fsp3) is 0.115. The molecule has 0 heterocycles. The lowest BCUT2D eigenvalue weighted by atomic mass is 10.1. The summed E-state index contributed by atoms with van der Waals surface area (Å²) >= 11 is 12.6.